The lowest BCUT2D eigenvalue weighted by atomic mass is 10.2. The van der Waals surface area contributed by atoms with E-state index in [1.54, 1.807) is 19.9 Å². The van der Waals surface area contributed by atoms with Gasteiger partial charge in [-0.3, -0.25) is 19.7 Å². The number of amides is 1. The zero-order valence-electron chi connectivity index (χ0n) is 16.7. The van der Waals surface area contributed by atoms with Crippen LogP contribution >= 0.6 is 0 Å². The van der Waals surface area contributed by atoms with Crippen LogP contribution in [0.2, 0.25) is 0 Å². The maximum absolute atomic E-state index is 12.8. The molecule has 2 aromatic heterocycles. The van der Waals surface area contributed by atoms with Gasteiger partial charge in [0, 0.05) is 23.2 Å². The molecule has 0 aliphatic heterocycles. The van der Waals surface area contributed by atoms with Crippen molar-refractivity contribution in [3.05, 3.63) is 98.1 Å². The maximum Gasteiger partial charge on any atom is 0.294 e. The first-order valence-electron chi connectivity index (χ1n) is 9.49. The fraction of sp³-hybridized carbons (Fsp3) is 0.136. The van der Waals surface area contributed by atoms with Gasteiger partial charge in [0.05, 0.1) is 11.0 Å². The summed E-state index contributed by atoms with van der Waals surface area (Å²) in [6.07, 6.45) is 0. The van der Waals surface area contributed by atoms with Crippen molar-refractivity contribution >= 4 is 22.6 Å². The summed E-state index contributed by atoms with van der Waals surface area (Å²) in [4.78, 5) is 36.1. The van der Waals surface area contributed by atoms with Crippen molar-refractivity contribution < 1.29 is 14.1 Å². The molecule has 0 fully saturated rings. The lowest BCUT2D eigenvalue weighted by Gasteiger charge is -2.13. The molecule has 0 saturated carbocycles. The van der Waals surface area contributed by atoms with Crippen molar-refractivity contribution in [1.29, 1.82) is 0 Å². The van der Waals surface area contributed by atoms with E-state index in [4.69, 9.17) is 4.42 Å². The van der Waals surface area contributed by atoms with Gasteiger partial charge in [-0.25, -0.2) is 4.68 Å². The Hall–Kier alpha value is -4.27. The number of aromatic nitrogens is 2. The Kier molecular flexibility index (Phi) is 5.08. The highest BCUT2D eigenvalue weighted by Crippen LogP contribution is 2.24. The van der Waals surface area contributed by atoms with Crippen molar-refractivity contribution in [3.63, 3.8) is 0 Å². The first-order chi connectivity index (χ1) is 14.8. The molecular formula is C22H18N4O5. The Morgan fingerprint density at radius 2 is 1.87 bits per heavy atom. The SMILES string of the molecule is Cc1cc(=O)c(C(=O)NC(C)c2cc3ccccc3o2)nn1-c1ccccc1[N+](=O)[O-]. The Labute approximate surface area is 176 Å². The number of carbonyl (C=O) groups is 1. The number of carbonyl (C=O) groups excluding carboxylic acids is 1. The second-order valence-corrected chi connectivity index (χ2v) is 7.04. The van der Waals surface area contributed by atoms with E-state index in [0.29, 0.717) is 17.0 Å². The van der Waals surface area contributed by atoms with E-state index in [0.717, 1.165) is 5.39 Å². The molecule has 1 atom stereocenters. The Morgan fingerprint density at radius 1 is 1.16 bits per heavy atom. The first-order valence-corrected chi connectivity index (χ1v) is 9.49. The minimum Gasteiger partial charge on any atom is -0.459 e. The van der Waals surface area contributed by atoms with E-state index < -0.39 is 22.3 Å². The number of fused-ring (bicyclic) bond motifs is 1. The van der Waals surface area contributed by atoms with Crippen LogP contribution in [-0.2, 0) is 0 Å². The average molecular weight is 418 g/mol. The number of hydrogen-bond acceptors (Lipinski definition) is 6. The van der Waals surface area contributed by atoms with Gasteiger partial charge in [0.1, 0.15) is 17.0 Å². The van der Waals surface area contributed by atoms with Gasteiger partial charge in [0.2, 0.25) is 5.43 Å². The van der Waals surface area contributed by atoms with E-state index in [1.165, 1.54) is 28.9 Å². The first kappa shape index (κ1) is 20.0. The number of benzene rings is 2. The monoisotopic (exact) mass is 418 g/mol. The molecular weight excluding hydrogens is 400 g/mol. The standard InChI is InChI=1S/C22H18N4O5/c1-13-11-18(27)21(24-25(13)16-8-4-5-9-17(16)26(29)30)22(28)23-14(2)20-12-15-7-3-6-10-19(15)31-20/h3-12,14H,1-2H3,(H,23,28). The van der Waals surface area contributed by atoms with Crippen molar-refractivity contribution in [2.75, 3.05) is 0 Å². The van der Waals surface area contributed by atoms with Crippen LogP contribution < -0.4 is 10.7 Å². The van der Waals surface area contributed by atoms with Crippen LogP contribution in [0.3, 0.4) is 0 Å². The highest BCUT2D eigenvalue weighted by Gasteiger charge is 2.22. The molecule has 0 spiro atoms. The Bertz CT molecular complexity index is 1340. The lowest BCUT2D eigenvalue weighted by Crippen LogP contribution is -2.33. The van der Waals surface area contributed by atoms with Gasteiger partial charge in [0.25, 0.3) is 11.6 Å². The molecule has 9 heteroatoms. The largest absolute Gasteiger partial charge is 0.459 e. The Balaban J connectivity index is 1.68. The summed E-state index contributed by atoms with van der Waals surface area (Å²) in [5.41, 5.74) is 0.0634. The molecule has 2 aromatic carbocycles. The summed E-state index contributed by atoms with van der Waals surface area (Å²) in [7, 11) is 0. The van der Waals surface area contributed by atoms with E-state index in [9.17, 15) is 19.7 Å². The second kappa shape index (κ2) is 7.86. The summed E-state index contributed by atoms with van der Waals surface area (Å²) in [5.74, 6) is -0.175. The van der Waals surface area contributed by atoms with Crippen LogP contribution in [0.4, 0.5) is 5.69 Å². The fourth-order valence-corrected chi connectivity index (χ4v) is 3.30. The third-order valence-corrected chi connectivity index (χ3v) is 4.85. The fourth-order valence-electron chi connectivity index (χ4n) is 3.30. The summed E-state index contributed by atoms with van der Waals surface area (Å²) in [5, 5.41) is 19.1. The number of para-hydroxylation sites is 3. The van der Waals surface area contributed by atoms with E-state index in [-0.39, 0.29) is 17.1 Å². The van der Waals surface area contributed by atoms with Crippen LogP contribution in [0.5, 0.6) is 0 Å². The zero-order chi connectivity index (χ0) is 22.1. The van der Waals surface area contributed by atoms with Crippen molar-refractivity contribution in [2.24, 2.45) is 0 Å². The van der Waals surface area contributed by atoms with Gasteiger partial charge in [-0.1, -0.05) is 30.3 Å². The molecule has 156 valence electrons. The Morgan fingerprint density at radius 3 is 2.61 bits per heavy atom. The second-order valence-electron chi connectivity index (χ2n) is 7.04. The molecule has 4 rings (SSSR count). The summed E-state index contributed by atoms with van der Waals surface area (Å²) in [6.45, 7) is 3.31. The molecule has 2 heterocycles. The van der Waals surface area contributed by atoms with Gasteiger partial charge in [0.15, 0.2) is 5.69 Å². The van der Waals surface area contributed by atoms with Gasteiger partial charge in [-0.15, -0.1) is 0 Å². The smallest absolute Gasteiger partial charge is 0.294 e. The molecule has 0 aliphatic rings. The molecule has 0 aliphatic carbocycles. The molecule has 0 saturated heterocycles. The van der Waals surface area contributed by atoms with Gasteiger partial charge < -0.3 is 9.73 Å². The average Bonchev–Trinajstić information content (AvgIpc) is 3.18. The van der Waals surface area contributed by atoms with Crippen LogP contribution in [0.25, 0.3) is 16.7 Å². The van der Waals surface area contributed by atoms with Gasteiger partial charge >= 0.3 is 0 Å². The number of aryl methyl sites for hydroxylation is 1. The number of nitro benzene ring substituents is 1. The topological polar surface area (TPSA) is 120 Å². The molecule has 4 aromatic rings. The van der Waals surface area contributed by atoms with Crippen LogP contribution in [0.1, 0.15) is 34.9 Å². The molecule has 1 N–H and O–H groups in total. The van der Waals surface area contributed by atoms with Gasteiger partial charge in [-0.05, 0) is 32.0 Å². The molecule has 9 nitrogen and oxygen atoms in total. The number of nitro groups is 1. The third kappa shape index (κ3) is 3.80. The number of nitrogens with zero attached hydrogens (tertiary/aromatic N) is 3. The number of rotatable bonds is 5. The van der Waals surface area contributed by atoms with Crippen LogP contribution in [-0.4, -0.2) is 20.6 Å². The summed E-state index contributed by atoms with van der Waals surface area (Å²) >= 11 is 0. The van der Waals surface area contributed by atoms with E-state index >= 15 is 0 Å². The maximum atomic E-state index is 12.8. The molecule has 0 bridgehead atoms. The van der Waals surface area contributed by atoms with E-state index in [1.807, 2.05) is 30.3 Å². The summed E-state index contributed by atoms with van der Waals surface area (Å²) < 4.78 is 6.98. The zero-order valence-corrected chi connectivity index (χ0v) is 16.7. The lowest BCUT2D eigenvalue weighted by molar-refractivity contribution is -0.384. The van der Waals surface area contributed by atoms with Crippen LogP contribution in [0, 0.1) is 17.0 Å². The highest BCUT2D eigenvalue weighted by molar-refractivity contribution is 5.92. The molecule has 1 unspecified atom stereocenters. The quantitative estimate of drug-likeness (QED) is 0.390. The minimum atomic E-state index is -0.703. The van der Waals surface area contributed by atoms with E-state index in [2.05, 4.69) is 10.4 Å². The van der Waals surface area contributed by atoms with Crippen molar-refractivity contribution in [1.82, 2.24) is 15.1 Å². The predicted molar refractivity (Wildman–Crippen MR) is 113 cm³/mol. The molecule has 31 heavy (non-hydrogen) atoms. The van der Waals surface area contributed by atoms with Crippen LogP contribution in [0.15, 0.2) is 69.9 Å². The predicted octanol–water partition coefficient (Wildman–Crippen LogP) is 3.69. The molecule has 1 amide bonds. The number of nitrogens with one attached hydrogen (secondary N) is 1. The highest BCUT2D eigenvalue weighted by atomic mass is 16.6. The van der Waals surface area contributed by atoms with Crippen molar-refractivity contribution in [3.8, 4) is 5.69 Å². The normalized spacial score (nSPS) is 11.9. The molecule has 0 radical (unpaired) electrons. The van der Waals surface area contributed by atoms with Crippen molar-refractivity contribution in [2.45, 2.75) is 19.9 Å². The van der Waals surface area contributed by atoms with Gasteiger partial charge in [-0.2, -0.15) is 5.10 Å². The summed E-state index contributed by atoms with van der Waals surface area (Å²) in [6, 6.07) is 15.9. The number of hydrogen-bond donors (Lipinski definition) is 1. The third-order valence-electron chi connectivity index (χ3n) is 4.85. The number of furan rings is 1. The minimum absolute atomic E-state index is 0.157.